The van der Waals surface area contributed by atoms with Crippen molar-refractivity contribution in [3.05, 3.63) is 52.0 Å². The number of hydrogen-bond acceptors (Lipinski definition) is 3. The Labute approximate surface area is 125 Å². The van der Waals surface area contributed by atoms with E-state index in [-0.39, 0.29) is 4.90 Å². The molecule has 0 amide bonds. The molecule has 0 heterocycles. The molecule has 1 N–H and O–H groups in total. The lowest BCUT2D eigenvalue weighted by molar-refractivity contribution is 0.602. The maximum atomic E-state index is 11.4. The average molecular weight is 361 g/mol. The van der Waals surface area contributed by atoms with Gasteiger partial charge in [-0.25, -0.2) is 8.42 Å². The van der Waals surface area contributed by atoms with Crippen molar-refractivity contribution in [2.24, 2.45) is 0 Å². The number of nitrogens with one attached hydrogen (secondary N) is 1. The van der Waals surface area contributed by atoms with E-state index in [0.717, 1.165) is 11.4 Å². The molecule has 2 rings (SSSR count). The number of hydrogen-bond donors (Lipinski definition) is 1. The summed E-state index contributed by atoms with van der Waals surface area (Å²) in [5, 5.41) is 3.84. The molecule has 0 fully saturated rings. The van der Waals surface area contributed by atoms with Crippen molar-refractivity contribution < 1.29 is 8.42 Å². The standard InChI is InChI=1S/C13H11BrClNO2S/c1-19(17,18)11-6-7-13(12(14)8-11)16-10-4-2-9(15)3-5-10/h2-8,16H,1H3. The summed E-state index contributed by atoms with van der Waals surface area (Å²) in [5.41, 5.74) is 1.66. The van der Waals surface area contributed by atoms with Gasteiger partial charge >= 0.3 is 0 Å². The van der Waals surface area contributed by atoms with E-state index in [1.165, 1.54) is 6.26 Å². The van der Waals surface area contributed by atoms with Crippen LogP contribution >= 0.6 is 27.5 Å². The molecule has 0 aliphatic rings. The second-order valence-electron chi connectivity index (χ2n) is 4.05. The summed E-state index contributed by atoms with van der Waals surface area (Å²) in [6.45, 7) is 0. The summed E-state index contributed by atoms with van der Waals surface area (Å²) in [5.74, 6) is 0. The van der Waals surface area contributed by atoms with Crippen LogP contribution in [0.15, 0.2) is 51.8 Å². The van der Waals surface area contributed by atoms with Gasteiger partial charge in [-0.15, -0.1) is 0 Å². The van der Waals surface area contributed by atoms with Crippen LogP contribution in [0.1, 0.15) is 0 Å². The van der Waals surface area contributed by atoms with E-state index < -0.39 is 9.84 Å². The highest BCUT2D eigenvalue weighted by Gasteiger charge is 2.09. The Morgan fingerprint density at radius 1 is 1.11 bits per heavy atom. The van der Waals surface area contributed by atoms with Crippen LogP contribution in [0.25, 0.3) is 0 Å². The van der Waals surface area contributed by atoms with E-state index in [9.17, 15) is 8.42 Å². The molecule has 2 aromatic carbocycles. The summed E-state index contributed by atoms with van der Waals surface area (Å²) < 4.78 is 23.6. The molecule has 0 aliphatic heterocycles. The number of sulfone groups is 1. The van der Waals surface area contributed by atoms with Crippen LogP contribution in [-0.2, 0) is 9.84 Å². The van der Waals surface area contributed by atoms with Crippen LogP contribution in [0.3, 0.4) is 0 Å². The first kappa shape index (κ1) is 14.4. The number of halogens is 2. The number of rotatable bonds is 3. The summed E-state index contributed by atoms with van der Waals surface area (Å²) in [4.78, 5) is 0.279. The van der Waals surface area contributed by atoms with Crippen molar-refractivity contribution >= 4 is 48.7 Å². The topological polar surface area (TPSA) is 46.2 Å². The lowest BCUT2D eigenvalue weighted by atomic mass is 10.2. The van der Waals surface area contributed by atoms with Gasteiger partial charge < -0.3 is 5.32 Å². The van der Waals surface area contributed by atoms with Gasteiger partial charge in [-0.2, -0.15) is 0 Å². The highest BCUT2D eigenvalue weighted by Crippen LogP contribution is 2.28. The van der Waals surface area contributed by atoms with E-state index in [1.54, 1.807) is 30.3 Å². The maximum absolute atomic E-state index is 11.4. The highest BCUT2D eigenvalue weighted by atomic mass is 79.9. The maximum Gasteiger partial charge on any atom is 0.175 e. The second kappa shape index (κ2) is 5.53. The van der Waals surface area contributed by atoms with Crippen molar-refractivity contribution in [3.8, 4) is 0 Å². The SMILES string of the molecule is CS(=O)(=O)c1ccc(Nc2ccc(Cl)cc2)c(Br)c1. The number of benzene rings is 2. The van der Waals surface area contributed by atoms with E-state index in [1.807, 2.05) is 12.1 Å². The summed E-state index contributed by atoms with van der Waals surface area (Å²) in [7, 11) is -3.20. The smallest absolute Gasteiger partial charge is 0.175 e. The first-order chi connectivity index (χ1) is 8.86. The Kier molecular flexibility index (Phi) is 4.18. The van der Waals surface area contributed by atoms with Gasteiger partial charge in [0.1, 0.15) is 0 Å². The molecule has 0 saturated heterocycles. The Bertz CT molecular complexity index is 699. The lowest BCUT2D eigenvalue weighted by Gasteiger charge is -2.10. The summed E-state index contributed by atoms with van der Waals surface area (Å²) >= 11 is 9.17. The minimum Gasteiger partial charge on any atom is -0.355 e. The third-order valence-corrected chi connectivity index (χ3v) is 4.51. The van der Waals surface area contributed by atoms with Gasteiger partial charge in [0.05, 0.1) is 10.6 Å². The average Bonchev–Trinajstić information content (AvgIpc) is 2.33. The molecule has 0 atom stereocenters. The zero-order valence-electron chi connectivity index (χ0n) is 10.0. The first-order valence-corrected chi connectivity index (χ1v) is 8.45. The number of anilines is 2. The van der Waals surface area contributed by atoms with E-state index in [2.05, 4.69) is 21.2 Å². The van der Waals surface area contributed by atoms with E-state index in [0.29, 0.717) is 9.50 Å². The fourth-order valence-electron chi connectivity index (χ4n) is 1.52. The molecule has 0 aliphatic carbocycles. The van der Waals surface area contributed by atoms with Crippen LogP contribution in [0, 0.1) is 0 Å². The zero-order chi connectivity index (χ0) is 14.0. The Morgan fingerprint density at radius 2 is 1.74 bits per heavy atom. The Hall–Kier alpha value is -1.04. The van der Waals surface area contributed by atoms with Crippen LogP contribution in [-0.4, -0.2) is 14.7 Å². The third-order valence-electron chi connectivity index (χ3n) is 2.49. The molecule has 0 saturated carbocycles. The van der Waals surface area contributed by atoms with Gasteiger partial charge in [-0.3, -0.25) is 0 Å². The fraction of sp³-hybridized carbons (Fsp3) is 0.0769. The largest absolute Gasteiger partial charge is 0.355 e. The molecule has 0 radical (unpaired) electrons. The minimum absolute atomic E-state index is 0.279. The van der Waals surface area contributed by atoms with Crippen LogP contribution in [0.4, 0.5) is 11.4 Å². The van der Waals surface area contributed by atoms with E-state index >= 15 is 0 Å². The molecular weight excluding hydrogens is 350 g/mol. The quantitative estimate of drug-likeness (QED) is 0.890. The highest BCUT2D eigenvalue weighted by molar-refractivity contribution is 9.10. The van der Waals surface area contributed by atoms with Gasteiger partial charge in [-0.05, 0) is 58.4 Å². The van der Waals surface area contributed by atoms with Crippen molar-refractivity contribution in [2.45, 2.75) is 4.90 Å². The van der Waals surface area contributed by atoms with Gasteiger partial charge in [0.25, 0.3) is 0 Å². The Morgan fingerprint density at radius 3 is 2.26 bits per heavy atom. The molecule has 0 spiro atoms. The minimum atomic E-state index is -3.20. The van der Waals surface area contributed by atoms with Gasteiger partial charge in [0.2, 0.25) is 0 Å². The third kappa shape index (κ3) is 3.72. The first-order valence-electron chi connectivity index (χ1n) is 5.38. The summed E-state index contributed by atoms with van der Waals surface area (Å²) in [6, 6.07) is 12.1. The lowest BCUT2D eigenvalue weighted by Crippen LogP contribution is -1.98. The molecule has 0 bridgehead atoms. The van der Waals surface area contributed by atoms with Crippen molar-refractivity contribution in [1.29, 1.82) is 0 Å². The molecule has 2 aromatic rings. The van der Waals surface area contributed by atoms with Crippen LogP contribution in [0.2, 0.25) is 5.02 Å². The van der Waals surface area contributed by atoms with Gasteiger partial charge in [-0.1, -0.05) is 11.6 Å². The second-order valence-corrected chi connectivity index (χ2v) is 7.35. The normalized spacial score (nSPS) is 11.3. The molecule has 0 unspecified atom stereocenters. The van der Waals surface area contributed by atoms with Crippen molar-refractivity contribution in [2.75, 3.05) is 11.6 Å². The molecule has 0 aromatic heterocycles. The predicted octanol–water partition coefficient (Wildman–Crippen LogP) is 4.25. The molecule has 100 valence electrons. The molecular formula is C13H11BrClNO2S. The van der Waals surface area contributed by atoms with Crippen LogP contribution < -0.4 is 5.32 Å². The van der Waals surface area contributed by atoms with Gasteiger partial charge in [0.15, 0.2) is 9.84 Å². The Balaban J connectivity index is 2.29. The molecule has 3 nitrogen and oxygen atoms in total. The molecule has 6 heteroatoms. The van der Waals surface area contributed by atoms with Crippen molar-refractivity contribution in [1.82, 2.24) is 0 Å². The van der Waals surface area contributed by atoms with Crippen molar-refractivity contribution in [3.63, 3.8) is 0 Å². The summed E-state index contributed by atoms with van der Waals surface area (Å²) in [6.07, 6.45) is 1.18. The predicted molar refractivity (Wildman–Crippen MR) is 82.0 cm³/mol. The van der Waals surface area contributed by atoms with Crippen LogP contribution in [0.5, 0.6) is 0 Å². The monoisotopic (exact) mass is 359 g/mol. The fourth-order valence-corrected chi connectivity index (χ4v) is 2.92. The molecule has 19 heavy (non-hydrogen) atoms. The van der Waals surface area contributed by atoms with Gasteiger partial charge in [0, 0.05) is 21.4 Å². The van der Waals surface area contributed by atoms with E-state index in [4.69, 9.17) is 11.6 Å². The zero-order valence-corrected chi connectivity index (χ0v) is 13.2.